The van der Waals surface area contributed by atoms with Crippen LogP contribution < -0.4 is 11.1 Å². The Morgan fingerprint density at radius 1 is 1.29 bits per heavy atom. The fourth-order valence-electron chi connectivity index (χ4n) is 1.35. The van der Waals surface area contributed by atoms with Crippen LogP contribution in [-0.4, -0.2) is 23.3 Å². The van der Waals surface area contributed by atoms with Crippen LogP contribution in [0.25, 0.3) is 0 Å². The molecule has 0 unspecified atom stereocenters. The smallest absolute Gasteiger partial charge is 0.230 e. The molecule has 0 aliphatic carbocycles. The first kappa shape index (κ1) is 13.6. The molecule has 0 fully saturated rings. The maximum Gasteiger partial charge on any atom is 0.230 e. The molecule has 1 aromatic rings. The monoisotopic (exact) mass is 252 g/mol. The number of amides is 2. The van der Waals surface area contributed by atoms with Crippen LogP contribution in [0.4, 0.5) is 0 Å². The molecule has 0 radical (unpaired) electrons. The summed E-state index contributed by atoms with van der Waals surface area (Å²) in [5.41, 5.74) is 6.04. The summed E-state index contributed by atoms with van der Waals surface area (Å²) in [6, 6.07) is 9.68. The fourth-order valence-corrected chi connectivity index (χ4v) is 1.92. The van der Waals surface area contributed by atoms with E-state index in [1.54, 1.807) is 0 Å². The summed E-state index contributed by atoms with van der Waals surface area (Å²) >= 11 is 1.22. The van der Waals surface area contributed by atoms with E-state index in [2.05, 4.69) is 5.32 Å². The van der Waals surface area contributed by atoms with Crippen molar-refractivity contribution in [1.29, 1.82) is 0 Å². The lowest BCUT2D eigenvalue weighted by atomic mass is 10.1. The van der Waals surface area contributed by atoms with Crippen LogP contribution in [0.1, 0.15) is 18.5 Å². The molecular weight excluding hydrogens is 236 g/mol. The Kier molecular flexibility index (Phi) is 5.56. The summed E-state index contributed by atoms with van der Waals surface area (Å²) in [7, 11) is 0. The first-order chi connectivity index (χ1) is 8.09. The lowest BCUT2D eigenvalue weighted by molar-refractivity contribution is -0.119. The zero-order valence-corrected chi connectivity index (χ0v) is 10.5. The number of nitrogens with two attached hydrogens (primary N) is 1. The molecule has 0 aliphatic rings. The molecule has 0 aromatic heterocycles. The zero-order chi connectivity index (χ0) is 12.7. The molecule has 1 atom stereocenters. The van der Waals surface area contributed by atoms with Crippen LogP contribution in [0.15, 0.2) is 30.3 Å². The van der Waals surface area contributed by atoms with Gasteiger partial charge in [-0.05, 0) is 12.5 Å². The number of carbonyl (C=O) groups excluding carboxylic acids is 2. The number of thioether (sulfide) groups is 1. The summed E-state index contributed by atoms with van der Waals surface area (Å²) in [5, 5.41) is 2.86. The van der Waals surface area contributed by atoms with Crippen molar-refractivity contribution >= 4 is 23.6 Å². The van der Waals surface area contributed by atoms with Gasteiger partial charge in [-0.3, -0.25) is 9.59 Å². The number of hydrogen-bond acceptors (Lipinski definition) is 3. The molecule has 1 rings (SSSR count). The van der Waals surface area contributed by atoms with E-state index < -0.39 is 5.91 Å². The first-order valence-electron chi connectivity index (χ1n) is 5.30. The van der Waals surface area contributed by atoms with Gasteiger partial charge in [-0.25, -0.2) is 0 Å². The van der Waals surface area contributed by atoms with Gasteiger partial charge in [-0.1, -0.05) is 30.3 Å². The van der Waals surface area contributed by atoms with Gasteiger partial charge in [0.2, 0.25) is 11.8 Å². The third-order valence-corrected chi connectivity index (χ3v) is 3.11. The molecule has 5 heteroatoms. The summed E-state index contributed by atoms with van der Waals surface area (Å²) in [6.45, 7) is 1.92. The number of carbonyl (C=O) groups is 2. The van der Waals surface area contributed by atoms with Crippen LogP contribution >= 0.6 is 11.8 Å². The second-order valence-corrected chi connectivity index (χ2v) is 4.64. The molecule has 3 N–H and O–H groups in total. The van der Waals surface area contributed by atoms with Crippen LogP contribution in [0.2, 0.25) is 0 Å². The van der Waals surface area contributed by atoms with Gasteiger partial charge in [0.15, 0.2) is 0 Å². The van der Waals surface area contributed by atoms with Crippen molar-refractivity contribution in [3.05, 3.63) is 35.9 Å². The van der Waals surface area contributed by atoms with Crippen LogP contribution in [0.3, 0.4) is 0 Å². The minimum Gasteiger partial charge on any atom is -0.369 e. The van der Waals surface area contributed by atoms with Gasteiger partial charge in [0.25, 0.3) is 0 Å². The standard InChI is InChI=1S/C12H16N2O2S/c1-9(10-5-3-2-4-6-10)14-12(16)8-17-7-11(13)15/h2-6,9H,7-8H2,1H3,(H2,13,15)(H,14,16)/t9-/m0/s1. The Morgan fingerprint density at radius 2 is 1.94 bits per heavy atom. The number of benzene rings is 1. The van der Waals surface area contributed by atoms with Gasteiger partial charge in [-0.15, -0.1) is 11.8 Å². The van der Waals surface area contributed by atoms with Crippen LogP contribution in [-0.2, 0) is 9.59 Å². The van der Waals surface area contributed by atoms with Gasteiger partial charge in [0.1, 0.15) is 0 Å². The molecule has 0 bridgehead atoms. The van der Waals surface area contributed by atoms with Crippen molar-refractivity contribution in [2.75, 3.05) is 11.5 Å². The van der Waals surface area contributed by atoms with E-state index in [-0.39, 0.29) is 23.5 Å². The lowest BCUT2D eigenvalue weighted by Gasteiger charge is -2.13. The second kappa shape index (κ2) is 6.96. The molecule has 0 spiro atoms. The van der Waals surface area contributed by atoms with Gasteiger partial charge in [0.05, 0.1) is 17.5 Å². The van der Waals surface area contributed by atoms with E-state index in [1.165, 1.54) is 11.8 Å². The molecule has 17 heavy (non-hydrogen) atoms. The molecule has 0 saturated carbocycles. The maximum atomic E-state index is 11.5. The van der Waals surface area contributed by atoms with E-state index in [0.717, 1.165) is 5.56 Å². The fraction of sp³-hybridized carbons (Fsp3) is 0.333. The molecular formula is C12H16N2O2S. The van der Waals surface area contributed by atoms with Crippen molar-refractivity contribution in [3.8, 4) is 0 Å². The summed E-state index contributed by atoms with van der Waals surface area (Å²) in [4.78, 5) is 22.0. The summed E-state index contributed by atoms with van der Waals surface area (Å²) < 4.78 is 0. The minimum atomic E-state index is -0.404. The van der Waals surface area contributed by atoms with E-state index in [0.29, 0.717) is 0 Å². The first-order valence-corrected chi connectivity index (χ1v) is 6.45. The van der Waals surface area contributed by atoms with E-state index >= 15 is 0 Å². The largest absolute Gasteiger partial charge is 0.369 e. The third-order valence-electron chi connectivity index (χ3n) is 2.15. The van der Waals surface area contributed by atoms with Gasteiger partial charge in [0, 0.05) is 0 Å². The van der Waals surface area contributed by atoms with Crippen molar-refractivity contribution in [1.82, 2.24) is 5.32 Å². The Hall–Kier alpha value is -1.49. The maximum absolute atomic E-state index is 11.5. The predicted molar refractivity (Wildman–Crippen MR) is 69.5 cm³/mol. The predicted octanol–water partition coefficient (Wildman–Crippen LogP) is 1.08. The van der Waals surface area contributed by atoms with E-state index in [9.17, 15) is 9.59 Å². The summed E-state index contributed by atoms with van der Waals surface area (Å²) in [5.74, 6) is -0.0701. The van der Waals surface area contributed by atoms with Crippen LogP contribution in [0, 0.1) is 0 Å². The molecule has 0 saturated heterocycles. The Bertz CT molecular complexity index is 381. The molecule has 0 aliphatic heterocycles. The van der Waals surface area contributed by atoms with Gasteiger partial charge < -0.3 is 11.1 Å². The highest BCUT2D eigenvalue weighted by Crippen LogP contribution is 2.11. The minimum absolute atomic E-state index is 0.0297. The lowest BCUT2D eigenvalue weighted by Crippen LogP contribution is -2.28. The number of primary amides is 1. The molecule has 1 aromatic carbocycles. The van der Waals surface area contributed by atoms with Crippen molar-refractivity contribution in [2.24, 2.45) is 5.73 Å². The topological polar surface area (TPSA) is 72.2 Å². The quantitative estimate of drug-likeness (QED) is 0.796. The highest BCUT2D eigenvalue weighted by atomic mass is 32.2. The van der Waals surface area contributed by atoms with E-state index in [1.807, 2.05) is 37.3 Å². The van der Waals surface area contributed by atoms with Gasteiger partial charge >= 0.3 is 0 Å². The molecule has 4 nitrogen and oxygen atoms in total. The van der Waals surface area contributed by atoms with Crippen LogP contribution in [0.5, 0.6) is 0 Å². The summed E-state index contributed by atoms with van der Waals surface area (Å²) in [6.07, 6.45) is 0. The van der Waals surface area contributed by atoms with Crippen molar-refractivity contribution in [3.63, 3.8) is 0 Å². The van der Waals surface area contributed by atoms with E-state index in [4.69, 9.17) is 5.73 Å². The van der Waals surface area contributed by atoms with Crippen molar-refractivity contribution in [2.45, 2.75) is 13.0 Å². The molecule has 0 heterocycles. The third kappa shape index (κ3) is 5.40. The Labute approximate surface area is 105 Å². The normalized spacial score (nSPS) is 11.8. The second-order valence-electron chi connectivity index (χ2n) is 3.66. The van der Waals surface area contributed by atoms with Gasteiger partial charge in [-0.2, -0.15) is 0 Å². The number of rotatable bonds is 6. The Morgan fingerprint density at radius 3 is 2.53 bits per heavy atom. The highest BCUT2D eigenvalue weighted by molar-refractivity contribution is 8.00. The number of hydrogen-bond donors (Lipinski definition) is 2. The average molecular weight is 252 g/mol. The number of nitrogens with one attached hydrogen (secondary N) is 1. The highest BCUT2D eigenvalue weighted by Gasteiger charge is 2.09. The zero-order valence-electron chi connectivity index (χ0n) is 9.68. The molecule has 2 amide bonds. The average Bonchev–Trinajstić information content (AvgIpc) is 2.29. The van der Waals surface area contributed by atoms with Crippen molar-refractivity contribution < 1.29 is 9.59 Å². The molecule has 92 valence electrons. The Balaban J connectivity index is 2.34. The SMILES string of the molecule is C[C@H](NC(=O)CSCC(N)=O)c1ccccc1.